The highest BCUT2D eigenvalue weighted by atomic mass is 19.1. The minimum atomic E-state index is -0.648. The number of rotatable bonds is 7. The lowest BCUT2D eigenvalue weighted by Gasteiger charge is -2.16. The van der Waals surface area contributed by atoms with Gasteiger partial charge < -0.3 is 10.1 Å². The Labute approximate surface area is 194 Å². The number of aryl methyl sites for hydroxylation is 1. The van der Waals surface area contributed by atoms with Gasteiger partial charge in [-0.1, -0.05) is 24.3 Å². The number of ether oxygens (including phenoxy) is 1. The highest BCUT2D eigenvalue weighted by molar-refractivity contribution is 6.36. The molecule has 8 nitrogen and oxygen atoms in total. The topological polar surface area (TPSA) is 102 Å². The number of nitrogens with one attached hydrogen (secondary N) is 1. The molecule has 1 aliphatic rings. The van der Waals surface area contributed by atoms with Crippen LogP contribution in [0.2, 0.25) is 0 Å². The Morgan fingerprint density at radius 2 is 1.74 bits per heavy atom. The van der Waals surface area contributed by atoms with Gasteiger partial charge in [0.2, 0.25) is 0 Å². The van der Waals surface area contributed by atoms with E-state index in [0.29, 0.717) is 17.0 Å². The molecule has 0 saturated heterocycles. The van der Waals surface area contributed by atoms with Crippen LogP contribution in [0.1, 0.15) is 16.7 Å². The predicted octanol–water partition coefficient (Wildman–Crippen LogP) is 4.44. The third kappa shape index (κ3) is 4.23. The van der Waals surface area contributed by atoms with Gasteiger partial charge in [-0.15, -0.1) is 0 Å². The molecule has 0 aliphatic carbocycles. The number of halogens is 1. The fourth-order valence-corrected chi connectivity index (χ4v) is 3.70. The maximum Gasteiger partial charge on any atom is 0.278 e. The zero-order chi connectivity index (χ0) is 24.4. The number of nitro benzene ring substituents is 1. The van der Waals surface area contributed by atoms with Crippen molar-refractivity contribution in [2.45, 2.75) is 13.5 Å². The van der Waals surface area contributed by atoms with Crippen LogP contribution in [-0.2, 0) is 16.1 Å². The molecule has 0 saturated carbocycles. The summed E-state index contributed by atoms with van der Waals surface area (Å²) in [5.41, 5.74) is 1.69. The van der Waals surface area contributed by atoms with Crippen molar-refractivity contribution < 1.29 is 23.6 Å². The van der Waals surface area contributed by atoms with E-state index in [1.165, 1.54) is 49.6 Å². The molecule has 1 N–H and O–H groups in total. The lowest BCUT2D eigenvalue weighted by molar-refractivity contribution is -0.384. The molecule has 0 atom stereocenters. The lowest BCUT2D eigenvalue weighted by atomic mass is 10.0. The maximum atomic E-state index is 14.3. The number of hydrogen-bond donors (Lipinski definition) is 1. The first-order valence-corrected chi connectivity index (χ1v) is 10.3. The number of benzene rings is 3. The van der Waals surface area contributed by atoms with Gasteiger partial charge in [-0.05, 0) is 48.4 Å². The van der Waals surface area contributed by atoms with Gasteiger partial charge in [-0.25, -0.2) is 4.39 Å². The third-order valence-corrected chi connectivity index (χ3v) is 5.44. The van der Waals surface area contributed by atoms with Crippen molar-refractivity contribution in [3.05, 3.63) is 105 Å². The van der Waals surface area contributed by atoms with Crippen LogP contribution < -0.4 is 10.1 Å². The molecule has 1 heterocycles. The molecule has 0 unspecified atom stereocenters. The molecular weight excluding hydrogens is 441 g/mol. The molecule has 1 aliphatic heterocycles. The Bertz CT molecular complexity index is 1330. The molecule has 34 heavy (non-hydrogen) atoms. The predicted molar refractivity (Wildman–Crippen MR) is 123 cm³/mol. The largest absolute Gasteiger partial charge is 0.495 e. The zero-order valence-electron chi connectivity index (χ0n) is 18.4. The monoisotopic (exact) mass is 461 g/mol. The van der Waals surface area contributed by atoms with Crippen molar-refractivity contribution in [3.63, 3.8) is 0 Å². The molecular formula is C25H20FN3O5. The molecule has 0 radical (unpaired) electrons. The van der Waals surface area contributed by atoms with Crippen molar-refractivity contribution in [1.29, 1.82) is 0 Å². The first kappa shape index (κ1) is 22.7. The second-order valence-corrected chi connectivity index (χ2v) is 7.67. The average molecular weight is 461 g/mol. The summed E-state index contributed by atoms with van der Waals surface area (Å²) in [6.07, 6.45) is 0. The van der Waals surface area contributed by atoms with Crippen LogP contribution in [0.25, 0.3) is 5.57 Å². The van der Waals surface area contributed by atoms with Gasteiger partial charge in [-0.3, -0.25) is 24.6 Å². The molecule has 0 fully saturated rings. The second kappa shape index (κ2) is 9.14. The first-order valence-electron chi connectivity index (χ1n) is 10.3. The molecule has 0 aromatic heterocycles. The van der Waals surface area contributed by atoms with Gasteiger partial charge in [0.05, 0.1) is 29.8 Å². The van der Waals surface area contributed by atoms with Crippen molar-refractivity contribution in [3.8, 4) is 5.75 Å². The Morgan fingerprint density at radius 1 is 1.03 bits per heavy atom. The van der Waals surface area contributed by atoms with E-state index >= 15 is 0 Å². The van der Waals surface area contributed by atoms with E-state index < -0.39 is 22.6 Å². The third-order valence-electron chi connectivity index (χ3n) is 5.44. The number of non-ortho nitro benzene ring substituents is 1. The van der Waals surface area contributed by atoms with Crippen LogP contribution in [0.15, 0.2) is 72.4 Å². The molecule has 0 spiro atoms. The van der Waals surface area contributed by atoms with E-state index in [1.54, 1.807) is 18.2 Å². The summed E-state index contributed by atoms with van der Waals surface area (Å²) in [6.45, 7) is 1.60. The highest BCUT2D eigenvalue weighted by Crippen LogP contribution is 2.35. The smallest absolute Gasteiger partial charge is 0.278 e. The van der Waals surface area contributed by atoms with Crippen LogP contribution >= 0.6 is 0 Å². The molecule has 2 amide bonds. The van der Waals surface area contributed by atoms with E-state index in [-0.39, 0.29) is 29.1 Å². The highest BCUT2D eigenvalue weighted by Gasteiger charge is 2.40. The zero-order valence-corrected chi connectivity index (χ0v) is 18.4. The van der Waals surface area contributed by atoms with E-state index in [1.807, 2.05) is 13.0 Å². The fraction of sp³-hybridized carbons (Fsp3) is 0.120. The second-order valence-electron chi connectivity index (χ2n) is 7.67. The molecule has 3 aromatic rings. The SMILES string of the molecule is COc1ccc(C)cc1NC1=C(c2ccc([N+](=O)[O-])cc2)C(=O)N(Cc2ccccc2F)C1=O. The summed E-state index contributed by atoms with van der Waals surface area (Å²) >= 11 is 0. The normalized spacial score (nSPS) is 13.4. The molecule has 3 aromatic carbocycles. The standard InChI is InChI=1S/C25H20FN3O5/c1-15-7-12-21(34-2)20(13-15)27-23-22(16-8-10-18(11-9-16)29(32)33)24(30)28(25(23)31)14-17-5-3-4-6-19(17)26/h3-13,27H,14H2,1-2H3. The number of nitro groups is 1. The Hall–Kier alpha value is -4.53. The van der Waals surface area contributed by atoms with Gasteiger partial charge in [0.1, 0.15) is 17.3 Å². The number of hydrogen-bond acceptors (Lipinski definition) is 6. The number of anilines is 1. The molecule has 9 heteroatoms. The number of nitrogens with zero attached hydrogens (tertiary/aromatic N) is 2. The van der Waals surface area contributed by atoms with E-state index in [9.17, 15) is 24.1 Å². The van der Waals surface area contributed by atoms with Gasteiger partial charge in [0.15, 0.2) is 0 Å². The number of methoxy groups -OCH3 is 1. The summed E-state index contributed by atoms with van der Waals surface area (Å²) in [4.78, 5) is 38.2. The fourth-order valence-electron chi connectivity index (χ4n) is 3.70. The summed E-state index contributed by atoms with van der Waals surface area (Å²) in [5.74, 6) is -1.38. The molecule has 4 rings (SSSR count). The van der Waals surface area contributed by atoms with Gasteiger partial charge in [0.25, 0.3) is 17.5 Å². The van der Waals surface area contributed by atoms with Crippen LogP contribution in [0.5, 0.6) is 5.75 Å². The van der Waals surface area contributed by atoms with E-state index in [0.717, 1.165) is 10.5 Å². The number of amides is 2. The van der Waals surface area contributed by atoms with Crippen LogP contribution in [-0.4, -0.2) is 28.7 Å². The van der Waals surface area contributed by atoms with Crippen LogP contribution in [0.3, 0.4) is 0 Å². The van der Waals surface area contributed by atoms with Gasteiger partial charge in [0, 0.05) is 17.7 Å². The number of imide groups is 1. The number of carbonyl (C=O) groups excluding carboxylic acids is 2. The average Bonchev–Trinajstić information content (AvgIpc) is 3.05. The van der Waals surface area contributed by atoms with Crippen molar-refractivity contribution >= 4 is 28.8 Å². The maximum absolute atomic E-state index is 14.3. The summed E-state index contributed by atoms with van der Waals surface area (Å²) in [5, 5.41) is 14.1. The summed E-state index contributed by atoms with van der Waals surface area (Å²) in [7, 11) is 1.48. The first-order chi connectivity index (χ1) is 16.3. The number of carbonyl (C=O) groups is 2. The minimum Gasteiger partial charge on any atom is -0.495 e. The summed E-state index contributed by atoms with van der Waals surface area (Å²) < 4.78 is 19.6. The Kier molecular flexibility index (Phi) is 6.09. The van der Waals surface area contributed by atoms with Crippen LogP contribution in [0, 0.1) is 22.9 Å². The van der Waals surface area contributed by atoms with Gasteiger partial charge >= 0.3 is 0 Å². The van der Waals surface area contributed by atoms with Crippen LogP contribution in [0.4, 0.5) is 15.8 Å². The van der Waals surface area contributed by atoms with Gasteiger partial charge in [-0.2, -0.15) is 0 Å². The Morgan fingerprint density at radius 3 is 2.38 bits per heavy atom. The van der Waals surface area contributed by atoms with E-state index in [2.05, 4.69) is 5.32 Å². The van der Waals surface area contributed by atoms with Crippen molar-refractivity contribution in [2.24, 2.45) is 0 Å². The molecule has 0 bridgehead atoms. The minimum absolute atomic E-state index is 0.0276. The van der Waals surface area contributed by atoms with E-state index in [4.69, 9.17) is 4.74 Å². The Balaban J connectivity index is 1.80. The quantitative estimate of drug-likeness (QED) is 0.317. The summed E-state index contributed by atoms with van der Waals surface area (Å²) in [6, 6.07) is 16.5. The van der Waals surface area contributed by atoms with Crippen molar-refractivity contribution in [1.82, 2.24) is 4.90 Å². The lowest BCUT2D eigenvalue weighted by Crippen LogP contribution is -2.32. The molecule has 172 valence electrons. The van der Waals surface area contributed by atoms with Crippen molar-refractivity contribution in [2.75, 3.05) is 12.4 Å².